The molecule has 1 aliphatic heterocycles. The van der Waals surface area contributed by atoms with Crippen molar-refractivity contribution in [1.29, 1.82) is 0 Å². The summed E-state index contributed by atoms with van der Waals surface area (Å²) in [5, 5.41) is 0. The van der Waals surface area contributed by atoms with Gasteiger partial charge in [0.15, 0.2) is 0 Å². The Morgan fingerprint density at radius 3 is 2.93 bits per heavy atom. The summed E-state index contributed by atoms with van der Waals surface area (Å²) in [6, 6.07) is 8.20. The van der Waals surface area contributed by atoms with Crippen molar-refractivity contribution in [3.05, 3.63) is 29.8 Å². The van der Waals surface area contributed by atoms with Gasteiger partial charge >= 0.3 is 0 Å². The zero-order chi connectivity index (χ0) is 10.7. The summed E-state index contributed by atoms with van der Waals surface area (Å²) >= 11 is 0. The topological polar surface area (TPSA) is 44.5 Å². The van der Waals surface area contributed by atoms with Crippen LogP contribution in [-0.4, -0.2) is 26.4 Å². The molecule has 1 saturated heterocycles. The van der Waals surface area contributed by atoms with E-state index in [-0.39, 0.29) is 12.0 Å². The van der Waals surface area contributed by atoms with Gasteiger partial charge in [-0.25, -0.2) is 0 Å². The van der Waals surface area contributed by atoms with Gasteiger partial charge in [-0.1, -0.05) is 18.2 Å². The predicted octanol–water partition coefficient (Wildman–Crippen LogP) is 1.53. The first-order chi connectivity index (χ1) is 7.33. The molecule has 2 atom stereocenters. The van der Waals surface area contributed by atoms with Gasteiger partial charge in [-0.3, -0.25) is 0 Å². The summed E-state index contributed by atoms with van der Waals surface area (Å²) in [5.74, 6) is 1.17. The highest BCUT2D eigenvalue weighted by molar-refractivity contribution is 5.37. The van der Waals surface area contributed by atoms with E-state index in [9.17, 15) is 0 Å². The van der Waals surface area contributed by atoms with E-state index >= 15 is 0 Å². The molecule has 1 fully saturated rings. The minimum Gasteiger partial charge on any atom is -0.496 e. The first-order valence-electron chi connectivity index (χ1n) is 5.29. The predicted molar refractivity (Wildman–Crippen MR) is 59.1 cm³/mol. The number of para-hydroxylation sites is 1. The van der Waals surface area contributed by atoms with Crippen LogP contribution in [0.4, 0.5) is 0 Å². The quantitative estimate of drug-likeness (QED) is 0.799. The molecule has 1 aromatic carbocycles. The normalized spacial score (nSPS) is 26.3. The van der Waals surface area contributed by atoms with Crippen molar-refractivity contribution >= 4 is 0 Å². The molecule has 2 rings (SSSR count). The molecule has 0 aliphatic carbocycles. The first kappa shape index (κ1) is 10.5. The Bertz CT molecular complexity index is 327. The van der Waals surface area contributed by atoms with E-state index in [1.807, 2.05) is 18.2 Å². The first-order valence-corrected chi connectivity index (χ1v) is 5.29. The molecular weight excluding hydrogens is 190 g/mol. The van der Waals surface area contributed by atoms with Crippen LogP contribution in [0, 0.1) is 0 Å². The summed E-state index contributed by atoms with van der Waals surface area (Å²) in [4.78, 5) is 0. The summed E-state index contributed by atoms with van der Waals surface area (Å²) < 4.78 is 10.8. The summed E-state index contributed by atoms with van der Waals surface area (Å²) in [6.07, 6.45) is 0.919. The smallest absolute Gasteiger partial charge is 0.122 e. The minimum absolute atomic E-state index is 0.176. The van der Waals surface area contributed by atoms with Crippen LogP contribution in [0.3, 0.4) is 0 Å². The average Bonchev–Trinajstić information content (AvgIpc) is 2.30. The maximum absolute atomic E-state index is 6.10. The average molecular weight is 207 g/mol. The molecule has 0 aromatic heterocycles. The van der Waals surface area contributed by atoms with Gasteiger partial charge < -0.3 is 15.2 Å². The summed E-state index contributed by atoms with van der Waals surface area (Å²) in [5.41, 5.74) is 7.26. The van der Waals surface area contributed by atoms with Gasteiger partial charge in [0.25, 0.3) is 0 Å². The van der Waals surface area contributed by atoms with Gasteiger partial charge in [-0.05, 0) is 12.5 Å². The lowest BCUT2D eigenvalue weighted by molar-refractivity contribution is 0.0684. The molecule has 0 radical (unpaired) electrons. The summed E-state index contributed by atoms with van der Waals surface area (Å²) in [6.45, 7) is 1.47. The maximum atomic E-state index is 6.10. The second kappa shape index (κ2) is 4.64. The fourth-order valence-electron chi connectivity index (χ4n) is 2.05. The standard InChI is InChI=1S/C12H17NO2/c1-14-12-5-3-2-4-9(12)10-8-15-7-6-11(10)13/h2-5,10-11H,6-8,13H2,1H3. The molecule has 1 aliphatic rings. The van der Waals surface area contributed by atoms with Crippen LogP contribution in [0.5, 0.6) is 5.75 Å². The zero-order valence-electron chi connectivity index (χ0n) is 8.98. The van der Waals surface area contributed by atoms with Crippen LogP contribution in [0.25, 0.3) is 0 Å². The second-order valence-electron chi connectivity index (χ2n) is 3.88. The molecule has 0 saturated carbocycles. The van der Waals surface area contributed by atoms with E-state index < -0.39 is 0 Å². The zero-order valence-corrected chi connectivity index (χ0v) is 8.98. The Hall–Kier alpha value is -1.06. The third-order valence-corrected chi connectivity index (χ3v) is 2.95. The van der Waals surface area contributed by atoms with Crippen LogP contribution in [0.15, 0.2) is 24.3 Å². The third-order valence-electron chi connectivity index (χ3n) is 2.95. The maximum Gasteiger partial charge on any atom is 0.122 e. The number of methoxy groups -OCH3 is 1. The van der Waals surface area contributed by atoms with Crippen molar-refractivity contribution < 1.29 is 9.47 Å². The Morgan fingerprint density at radius 2 is 2.20 bits per heavy atom. The van der Waals surface area contributed by atoms with Gasteiger partial charge in [-0.15, -0.1) is 0 Å². The lowest BCUT2D eigenvalue weighted by Crippen LogP contribution is -2.37. The molecule has 0 spiro atoms. The molecular formula is C12H17NO2. The number of benzene rings is 1. The largest absolute Gasteiger partial charge is 0.496 e. The van der Waals surface area contributed by atoms with Gasteiger partial charge in [0, 0.05) is 24.1 Å². The highest BCUT2D eigenvalue weighted by Crippen LogP contribution is 2.31. The molecule has 0 amide bonds. The van der Waals surface area contributed by atoms with Crippen LogP contribution in [-0.2, 0) is 4.74 Å². The molecule has 2 N–H and O–H groups in total. The number of nitrogens with two attached hydrogens (primary N) is 1. The van der Waals surface area contributed by atoms with Crippen LogP contribution in [0.1, 0.15) is 17.9 Å². The van der Waals surface area contributed by atoms with Gasteiger partial charge in [-0.2, -0.15) is 0 Å². The molecule has 2 unspecified atom stereocenters. The highest BCUT2D eigenvalue weighted by atomic mass is 16.5. The van der Waals surface area contributed by atoms with Crippen LogP contribution < -0.4 is 10.5 Å². The lowest BCUT2D eigenvalue weighted by atomic mass is 9.89. The number of hydrogen-bond acceptors (Lipinski definition) is 3. The SMILES string of the molecule is COc1ccccc1C1COCCC1N. The van der Waals surface area contributed by atoms with Crippen molar-refractivity contribution in [3.63, 3.8) is 0 Å². The molecule has 1 aromatic rings. The monoisotopic (exact) mass is 207 g/mol. The lowest BCUT2D eigenvalue weighted by Gasteiger charge is -2.29. The Labute approximate surface area is 90.2 Å². The minimum atomic E-state index is 0.176. The Kier molecular flexibility index (Phi) is 3.23. The van der Waals surface area contributed by atoms with Crippen molar-refractivity contribution in [2.75, 3.05) is 20.3 Å². The molecule has 1 heterocycles. The Balaban J connectivity index is 2.26. The van der Waals surface area contributed by atoms with Crippen molar-refractivity contribution in [2.45, 2.75) is 18.4 Å². The molecule has 3 heteroatoms. The van der Waals surface area contributed by atoms with E-state index in [0.29, 0.717) is 6.61 Å². The van der Waals surface area contributed by atoms with E-state index in [1.54, 1.807) is 7.11 Å². The van der Waals surface area contributed by atoms with E-state index in [4.69, 9.17) is 15.2 Å². The van der Waals surface area contributed by atoms with Gasteiger partial charge in [0.2, 0.25) is 0 Å². The van der Waals surface area contributed by atoms with Crippen molar-refractivity contribution in [3.8, 4) is 5.75 Å². The summed E-state index contributed by atoms with van der Waals surface area (Å²) in [7, 11) is 1.69. The fourth-order valence-corrected chi connectivity index (χ4v) is 2.05. The van der Waals surface area contributed by atoms with Crippen molar-refractivity contribution in [1.82, 2.24) is 0 Å². The number of ether oxygens (including phenoxy) is 2. The number of hydrogen-bond donors (Lipinski definition) is 1. The molecule has 0 bridgehead atoms. The molecule has 3 nitrogen and oxygen atoms in total. The molecule has 82 valence electrons. The van der Waals surface area contributed by atoms with E-state index in [0.717, 1.165) is 24.3 Å². The highest BCUT2D eigenvalue weighted by Gasteiger charge is 2.26. The van der Waals surface area contributed by atoms with E-state index in [2.05, 4.69) is 6.07 Å². The number of rotatable bonds is 2. The van der Waals surface area contributed by atoms with Crippen molar-refractivity contribution in [2.24, 2.45) is 5.73 Å². The van der Waals surface area contributed by atoms with Crippen LogP contribution in [0.2, 0.25) is 0 Å². The Morgan fingerprint density at radius 1 is 1.40 bits per heavy atom. The molecule has 15 heavy (non-hydrogen) atoms. The van der Waals surface area contributed by atoms with Crippen LogP contribution >= 0.6 is 0 Å². The van der Waals surface area contributed by atoms with Gasteiger partial charge in [0.1, 0.15) is 5.75 Å². The van der Waals surface area contributed by atoms with E-state index in [1.165, 1.54) is 0 Å². The fraction of sp³-hybridized carbons (Fsp3) is 0.500. The third kappa shape index (κ3) is 2.13. The van der Waals surface area contributed by atoms with Gasteiger partial charge in [0.05, 0.1) is 13.7 Å². The second-order valence-corrected chi connectivity index (χ2v) is 3.88.